The fourth-order valence-electron chi connectivity index (χ4n) is 7.38. The van der Waals surface area contributed by atoms with E-state index in [1.54, 1.807) is 17.1 Å². The van der Waals surface area contributed by atoms with Crippen LogP contribution in [0, 0.1) is 23.2 Å². The summed E-state index contributed by atoms with van der Waals surface area (Å²) in [6.07, 6.45) is 14.0. The van der Waals surface area contributed by atoms with E-state index in [1.807, 2.05) is 39.6 Å². The quantitative estimate of drug-likeness (QED) is 0.614. The summed E-state index contributed by atoms with van der Waals surface area (Å²) < 4.78 is 5.44. The fraction of sp³-hybridized carbons (Fsp3) is 0.560. The van der Waals surface area contributed by atoms with Crippen LogP contribution in [0.25, 0.3) is 10.9 Å². The molecule has 1 aromatic carbocycles. The van der Waals surface area contributed by atoms with Gasteiger partial charge in [0.1, 0.15) is 0 Å². The minimum absolute atomic E-state index is 0.109. The Balaban J connectivity index is 1.37. The van der Waals surface area contributed by atoms with E-state index in [0.717, 1.165) is 36.2 Å². The molecule has 0 spiro atoms. The number of benzene rings is 1. The third-order valence-electron chi connectivity index (χ3n) is 8.15. The van der Waals surface area contributed by atoms with Gasteiger partial charge >= 0.3 is 5.69 Å². The lowest BCUT2D eigenvalue weighted by Gasteiger charge is -2.56. The van der Waals surface area contributed by atoms with Crippen LogP contribution in [0.2, 0.25) is 0 Å². The van der Waals surface area contributed by atoms with Crippen molar-refractivity contribution in [3.63, 3.8) is 0 Å². The van der Waals surface area contributed by atoms with Gasteiger partial charge in [0.25, 0.3) is 5.56 Å². The summed E-state index contributed by atoms with van der Waals surface area (Å²) >= 11 is 0. The SMILES string of the molecule is O=c1c2ccccc2n(CCCn2ccnc2)c(=O)n1CC12CC3CC(CC(C3)C1)C2. The van der Waals surface area contributed by atoms with Crippen molar-refractivity contribution in [3.8, 4) is 0 Å². The van der Waals surface area contributed by atoms with Crippen LogP contribution in [0.1, 0.15) is 44.9 Å². The summed E-state index contributed by atoms with van der Waals surface area (Å²) in [5.41, 5.74) is 0.659. The number of hydrogen-bond donors (Lipinski definition) is 0. The van der Waals surface area contributed by atoms with Gasteiger partial charge in [-0.15, -0.1) is 0 Å². The zero-order chi connectivity index (χ0) is 21.0. The second-order valence-corrected chi connectivity index (χ2v) is 10.4. The van der Waals surface area contributed by atoms with E-state index in [4.69, 9.17) is 0 Å². The maximum atomic E-state index is 13.6. The van der Waals surface area contributed by atoms with Crippen molar-refractivity contribution in [2.24, 2.45) is 23.2 Å². The predicted molar refractivity (Wildman–Crippen MR) is 120 cm³/mol. The van der Waals surface area contributed by atoms with Gasteiger partial charge in [-0.1, -0.05) is 12.1 Å². The van der Waals surface area contributed by atoms with Crippen LogP contribution in [0.5, 0.6) is 0 Å². The molecule has 3 aromatic rings. The number of fused-ring (bicyclic) bond motifs is 1. The van der Waals surface area contributed by atoms with Gasteiger partial charge < -0.3 is 4.57 Å². The van der Waals surface area contributed by atoms with Crippen molar-refractivity contribution >= 4 is 10.9 Å². The van der Waals surface area contributed by atoms with Crippen LogP contribution in [0.15, 0.2) is 52.6 Å². The Morgan fingerprint density at radius 3 is 2.32 bits per heavy atom. The van der Waals surface area contributed by atoms with Gasteiger partial charge in [-0.2, -0.15) is 0 Å². The van der Waals surface area contributed by atoms with E-state index in [-0.39, 0.29) is 16.7 Å². The van der Waals surface area contributed by atoms with Crippen molar-refractivity contribution < 1.29 is 0 Å². The van der Waals surface area contributed by atoms with Crippen LogP contribution in [-0.4, -0.2) is 18.7 Å². The first-order valence-corrected chi connectivity index (χ1v) is 11.8. The van der Waals surface area contributed by atoms with Gasteiger partial charge in [-0.05, 0) is 80.2 Å². The molecule has 4 fully saturated rings. The maximum Gasteiger partial charge on any atom is 0.331 e. The van der Waals surface area contributed by atoms with E-state index in [1.165, 1.54) is 38.5 Å². The summed E-state index contributed by atoms with van der Waals surface area (Å²) in [6.45, 7) is 1.99. The van der Waals surface area contributed by atoms with E-state index >= 15 is 0 Å². The van der Waals surface area contributed by atoms with Gasteiger partial charge in [0, 0.05) is 32.0 Å². The number of aryl methyl sites for hydroxylation is 2. The average molecular weight is 419 g/mol. The molecule has 2 heterocycles. The molecule has 162 valence electrons. The summed E-state index contributed by atoms with van der Waals surface area (Å²) in [5.74, 6) is 2.42. The highest BCUT2D eigenvalue weighted by atomic mass is 16.2. The van der Waals surface area contributed by atoms with Crippen LogP contribution in [0.4, 0.5) is 0 Å². The van der Waals surface area contributed by atoms with Gasteiger partial charge in [0.15, 0.2) is 0 Å². The number of hydrogen-bond acceptors (Lipinski definition) is 3. The monoisotopic (exact) mass is 418 g/mol. The molecule has 4 aliphatic carbocycles. The molecule has 0 unspecified atom stereocenters. The summed E-state index contributed by atoms with van der Waals surface area (Å²) in [6, 6.07) is 7.60. The number of nitrogens with zero attached hydrogens (tertiary/aromatic N) is 4. The normalized spacial score (nSPS) is 29.1. The lowest BCUT2D eigenvalue weighted by Crippen LogP contribution is -2.51. The number of rotatable bonds is 6. The molecule has 6 heteroatoms. The predicted octanol–water partition coefficient (Wildman–Crippen LogP) is 3.67. The van der Waals surface area contributed by atoms with E-state index in [0.29, 0.717) is 18.5 Å². The smallest absolute Gasteiger partial charge is 0.331 e. The standard InChI is InChI=1S/C25H30N4O2/c30-23-21-4-1-2-5-22(21)28(8-3-7-27-9-6-26-17-27)24(31)29(23)16-25-13-18-10-19(14-25)12-20(11-18)15-25/h1-2,4-6,9,17-20H,3,7-8,10-16H2. The molecule has 0 aliphatic heterocycles. The molecule has 2 aromatic heterocycles. The second-order valence-electron chi connectivity index (χ2n) is 10.4. The van der Waals surface area contributed by atoms with Crippen molar-refractivity contribution in [1.29, 1.82) is 0 Å². The molecule has 4 bridgehead atoms. The maximum absolute atomic E-state index is 13.6. The average Bonchev–Trinajstić information content (AvgIpc) is 3.26. The van der Waals surface area contributed by atoms with Gasteiger partial charge in [0.05, 0.1) is 17.2 Å². The Hall–Kier alpha value is -2.63. The zero-order valence-electron chi connectivity index (χ0n) is 17.9. The molecule has 7 rings (SSSR count). The molecule has 31 heavy (non-hydrogen) atoms. The molecule has 0 radical (unpaired) electrons. The fourth-order valence-corrected chi connectivity index (χ4v) is 7.38. The largest absolute Gasteiger partial charge is 0.337 e. The minimum atomic E-state index is -0.134. The molecule has 4 aliphatic rings. The summed E-state index contributed by atoms with van der Waals surface area (Å²) in [7, 11) is 0. The molecular formula is C25H30N4O2. The van der Waals surface area contributed by atoms with E-state index in [9.17, 15) is 9.59 Å². The topological polar surface area (TPSA) is 61.8 Å². The molecular weight excluding hydrogens is 388 g/mol. The van der Waals surface area contributed by atoms with E-state index in [2.05, 4.69) is 4.98 Å². The minimum Gasteiger partial charge on any atom is -0.337 e. The van der Waals surface area contributed by atoms with Crippen LogP contribution in [0.3, 0.4) is 0 Å². The number of para-hydroxylation sites is 1. The lowest BCUT2D eigenvalue weighted by molar-refractivity contribution is -0.0630. The first-order valence-electron chi connectivity index (χ1n) is 11.8. The number of imidazole rings is 1. The Bertz CT molecular complexity index is 1190. The van der Waals surface area contributed by atoms with Crippen molar-refractivity contribution in [1.82, 2.24) is 18.7 Å². The van der Waals surface area contributed by atoms with Gasteiger partial charge in [0.2, 0.25) is 0 Å². The number of aromatic nitrogens is 4. The molecule has 0 amide bonds. The second kappa shape index (κ2) is 7.21. The molecule has 0 saturated heterocycles. The third-order valence-corrected chi connectivity index (χ3v) is 8.15. The molecule has 6 nitrogen and oxygen atoms in total. The third kappa shape index (κ3) is 3.27. The van der Waals surface area contributed by atoms with E-state index < -0.39 is 0 Å². The Morgan fingerprint density at radius 1 is 0.935 bits per heavy atom. The lowest BCUT2D eigenvalue weighted by atomic mass is 9.49. The summed E-state index contributed by atoms with van der Waals surface area (Å²) in [4.78, 5) is 31.1. The van der Waals surface area contributed by atoms with Crippen molar-refractivity contribution in [2.45, 2.75) is 64.6 Å². The molecule has 0 N–H and O–H groups in total. The Labute approximate surface area is 181 Å². The van der Waals surface area contributed by atoms with Crippen LogP contribution >= 0.6 is 0 Å². The van der Waals surface area contributed by atoms with Crippen LogP contribution in [-0.2, 0) is 19.6 Å². The first-order chi connectivity index (χ1) is 15.1. The molecule has 4 saturated carbocycles. The van der Waals surface area contributed by atoms with Crippen LogP contribution < -0.4 is 11.2 Å². The first kappa shape index (κ1) is 19.1. The highest BCUT2D eigenvalue weighted by Gasteiger charge is 2.51. The summed E-state index contributed by atoms with van der Waals surface area (Å²) in [5, 5.41) is 0.662. The highest BCUT2D eigenvalue weighted by Crippen LogP contribution is 2.60. The van der Waals surface area contributed by atoms with Crippen molar-refractivity contribution in [2.75, 3.05) is 0 Å². The molecule has 0 atom stereocenters. The highest BCUT2D eigenvalue weighted by molar-refractivity contribution is 5.77. The van der Waals surface area contributed by atoms with Gasteiger partial charge in [-0.25, -0.2) is 9.78 Å². The zero-order valence-corrected chi connectivity index (χ0v) is 17.9. The Morgan fingerprint density at radius 2 is 1.65 bits per heavy atom. The van der Waals surface area contributed by atoms with Crippen molar-refractivity contribution in [3.05, 3.63) is 63.8 Å². The van der Waals surface area contributed by atoms with Gasteiger partial charge in [-0.3, -0.25) is 13.9 Å². The Kier molecular flexibility index (Phi) is 4.44.